The average molecular weight is 321 g/mol. The lowest BCUT2D eigenvalue weighted by atomic mass is 9.95. The smallest absolute Gasteiger partial charge is 0.242 e. The average Bonchev–Trinajstić information content (AvgIpc) is 2.45. The van der Waals surface area contributed by atoms with Crippen molar-refractivity contribution in [1.82, 2.24) is 4.90 Å². The van der Waals surface area contributed by atoms with Gasteiger partial charge in [0.2, 0.25) is 11.0 Å². The number of allylic oxidation sites excluding steroid dienone is 3. The van der Waals surface area contributed by atoms with Crippen molar-refractivity contribution >= 4 is 40.6 Å². The molecule has 1 aliphatic heterocycles. The van der Waals surface area contributed by atoms with Gasteiger partial charge in [0.05, 0.1) is 18.2 Å². The zero-order chi connectivity index (χ0) is 15.0. The van der Waals surface area contributed by atoms with E-state index in [9.17, 15) is 9.18 Å². The third-order valence-electron chi connectivity index (χ3n) is 3.29. The predicted octanol–water partition coefficient (Wildman–Crippen LogP) is 3.20. The van der Waals surface area contributed by atoms with Gasteiger partial charge < -0.3 is 0 Å². The molecule has 0 radical (unpaired) electrons. The molecule has 3 nitrogen and oxygen atoms in total. The van der Waals surface area contributed by atoms with E-state index in [2.05, 4.69) is 4.99 Å². The van der Waals surface area contributed by atoms with Gasteiger partial charge in [0.1, 0.15) is 5.82 Å². The largest absolute Gasteiger partial charge is 0.282 e. The summed E-state index contributed by atoms with van der Waals surface area (Å²) in [5, 5.41) is 0.721. The van der Waals surface area contributed by atoms with Crippen LogP contribution >= 0.6 is 23.8 Å². The molecule has 1 atom stereocenters. The maximum atomic E-state index is 12.9. The number of benzene rings is 1. The van der Waals surface area contributed by atoms with Crippen molar-refractivity contribution in [2.45, 2.75) is 6.54 Å². The van der Waals surface area contributed by atoms with E-state index in [1.165, 1.54) is 17.0 Å². The Morgan fingerprint density at radius 1 is 1.33 bits per heavy atom. The van der Waals surface area contributed by atoms with E-state index in [-0.39, 0.29) is 23.4 Å². The summed E-state index contributed by atoms with van der Waals surface area (Å²) >= 11 is 11.1. The lowest BCUT2D eigenvalue weighted by molar-refractivity contribution is -0.128. The van der Waals surface area contributed by atoms with Crippen molar-refractivity contribution in [3.05, 3.63) is 58.9 Å². The molecular weight excluding hydrogens is 311 g/mol. The van der Waals surface area contributed by atoms with Crippen LogP contribution in [0.2, 0.25) is 0 Å². The molecule has 0 fully saturated rings. The predicted molar refractivity (Wildman–Crippen MR) is 83.5 cm³/mol. The Labute approximate surface area is 131 Å². The fourth-order valence-corrected chi connectivity index (χ4v) is 2.67. The minimum absolute atomic E-state index is 0.147. The summed E-state index contributed by atoms with van der Waals surface area (Å²) < 4.78 is 12.9. The molecule has 6 heteroatoms. The van der Waals surface area contributed by atoms with Crippen LogP contribution in [0.15, 0.2) is 52.5 Å². The molecule has 106 valence electrons. The van der Waals surface area contributed by atoms with Crippen LogP contribution in [0, 0.1) is 11.7 Å². The molecule has 2 aliphatic rings. The van der Waals surface area contributed by atoms with Crippen molar-refractivity contribution in [2.24, 2.45) is 10.9 Å². The third-order valence-corrected chi connectivity index (χ3v) is 3.84. The highest BCUT2D eigenvalue weighted by molar-refractivity contribution is 7.80. The van der Waals surface area contributed by atoms with Gasteiger partial charge in [-0.05, 0) is 42.1 Å². The summed E-state index contributed by atoms with van der Waals surface area (Å²) in [5.74, 6) is -0.924. The first kappa shape index (κ1) is 14.1. The van der Waals surface area contributed by atoms with E-state index >= 15 is 0 Å². The molecule has 1 amide bonds. The normalized spacial score (nSPS) is 21.0. The summed E-state index contributed by atoms with van der Waals surface area (Å²) in [6, 6.07) is 5.95. The van der Waals surface area contributed by atoms with Crippen LogP contribution in [0.4, 0.5) is 4.39 Å². The summed E-state index contributed by atoms with van der Waals surface area (Å²) in [6.07, 6.45) is 5.03. The number of amides is 1. The summed E-state index contributed by atoms with van der Waals surface area (Å²) in [7, 11) is 0. The van der Waals surface area contributed by atoms with Crippen LogP contribution in [-0.2, 0) is 11.3 Å². The lowest BCUT2D eigenvalue weighted by Gasteiger charge is -2.30. The number of nitrogens with zero attached hydrogens (tertiary/aromatic N) is 2. The van der Waals surface area contributed by atoms with Crippen LogP contribution in [-0.4, -0.2) is 21.6 Å². The second kappa shape index (κ2) is 5.50. The van der Waals surface area contributed by atoms with E-state index in [0.29, 0.717) is 10.7 Å². The Hall–Kier alpha value is -1.85. The molecule has 3 rings (SSSR count). The standard InChI is InChI=1S/C15H10ClFN2OS/c16-10-3-6-12-13(7-10)18-15(21)19(14(12)20)8-9-1-4-11(17)5-2-9/h1-7,12H,8H2. The monoisotopic (exact) mass is 320 g/mol. The van der Waals surface area contributed by atoms with Crippen LogP contribution in [0.3, 0.4) is 0 Å². The Morgan fingerprint density at radius 2 is 2.05 bits per heavy atom. The SMILES string of the molecule is O=C1C2C=CC(Cl)=CC2=NC(=S)N1Cc1ccc(F)cc1. The molecule has 0 N–H and O–H groups in total. The zero-order valence-electron chi connectivity index (χ0n) is 10.8. The van der Waals surface area contributed by atoms with Crippen LogP contribution in [0.1, 0.15) is 5.56 Å². The van der Waals surface area contributed by atoms with Gasteiger partial charge in [0.25, 0.3) is 0 Å². The highest BCUT2D eigenvalue weighted by Crippen LogP contribution is 2.24. The summed E-state index contributed by atoms with van der Waals surface area (Å²) in [4.78, 5) is 18.2. The topological polar surface area (TPSA) is 32.7 Å². The quantitative estimate of drug-likeness (QED) is 0.784. The van der Waals surface area contributed by atoms with Gasteiger partial charge in [-0.25, -0.2) is 9.38 Å². The van der Waals surface area contributed by atoms with Crippen LogP contribution < -0.4 is 0 Å². The number of hydrogen-bond donors (Lipinski definition) is 0. The van der Waals surface area contributed by atoms with Gasteiger partial charge in [-0.15, -0.1) is 0 Å². The Kier molecular flexibility index (Phi) is 3.69. The number of carbonyl (C=O) groups is 1. The lowest BCUT2D eigenvalue weighted by Crippen LogP contribution is -2.45. The molecule has 1 heterocycles. The molecule has 21 heavy (non-hydrogen) atoms. The molecular formula is C15H10ClFN2OS. The number of aliphatic imine (C=N–C) groups is 1. The Morgan fingerprint density at radius 3 is 2.76 bits per heavy atom. The molecule has 1 aromatic carbocycles. The molecule has 0 bridgehead atoms. The number of thiocarbonyl (C=S) groups is 1. The number of carbonyl (C=O) groups excluding carboxylic acids is 1. The first-order chi connectivity index (χ1) is 10.0. The molecule has 0 saturated carbocycles. The number of hydrogen-bond acceptors (Lipinski definition) is 2. The molecule has 1 unspecified atom stereocenters. The van der Waals surface area contributed by atoms with Gasteiger partial charge in [-0.1, -0.05) is 29.8 Å². The maximum Gasteiger partial charge on any atom is 0.242 e. The number of rotatable bonds is 2. The minimum Gasteiger partial charge on any atom is -0.282 e. The van der Waals surface area contributed by atoms with Gasteiger partial charge >= 0.3 is 0 Å². The highest BCUT2D eigenvalue weighted by Gasteiger charge is 2.34. The highest BCUT2D eigenvalue weighted by atomic mass is 35.5. The van der Waals surface area contributed by atoms with Gasteiger partial charge in [0.15, 0.2) is 0 Å². The summed E-state index contributed by atoms with van der Waals surface area (Å²) in [6.45, 7) is 0.274. The van der Waals surface area contributed by atoms with Crippen LogP contribution in [0.5, 0.6) is 0 Å². The van der Waals surface area contributed by atoms with Crippen molar-refractivity contribution < 1.29 is 9.18 Å². The molecule has 1 aromatic rings. The van der Waals surface area contributed by atoms with E-state index in [1.807, 2.05) is 0 Å². The number of fused-ring (bicyclic) bond motifs is 1. The van der Waals surface area contributed by atoms with Gasteiger partial charge in [-0.3, -0.25) is 9.69 Å². The maximum absolute atomic E-state index is 12.9. The van der Waals surface area contributed by atoms with E-state index in [1.54, 1.807) is 30.4 Å². The molecule has 1 aliphatic carbocycles. The molecule has 0 aromatic heterocycles. The van der Waals surface area contributed by atoms with Crippen molar-refractivity contribution in [2.75, 3.05) is 0 Å². The van der Waals surface area contributed by atoms with E-state index in [0.717, 1.165) is 5.56 Å². The van der Waals surface area contributed by atoms with Gasteiger partial charge in [0, 0.05) is 5.03 Å². The molecule has 0 saturated heterocycles. The summed E-state index contributed by atoms with van der Waals surface area (Å²) in [5.41, 5.74) is 1.35. The minimum atomic E-state index is -0.459. The Bertz CT molecular complexity index is 709. The van der Waals surface area contributed by atoms with Crippen LogP contribution in [0.25, 0.3) is 0 Å². The van der Waals surface area contributed by atoms with E-state index in [4.69, 9.17) is 23.8 Å². The first-order valence-electron chi connectivity index (χ1n) is 6.28. The van der Waals surface area contributed by atoms with Crippen molar-refractivity contribution in [3.8, 4) is 0 Å². The first-order valence-corrected chi connectivity index (χ1v) is 7.07. The zero-order valence-corrected chi connectivity index (χ0v) is 12.4. The second-order valence-electron chi connectivity index (χ2n) is 4.74. The van der Waals surface area contributed by atoms with E-state index < -0.39 is 5.92 Å². The van der Waals surface area contributed by atoms with Gasteiger partial charge in [-0.2, -0.15) is 0 Å². The van der Waals surface area contributed by atoms with Crippen molar-refractivity contribution in [1.29, 1.82) is 0 Å². The number of halogens is 2. The molecule has 0 spiro atoms. The van der Waals surface area contributed by atoms with Crippen molar-refractivity contribution in [3.63, 3.8) is 0 Å². The second-order valence-corrected chi connectivity index (χ2v) is 5.54. The fraction of sp³-hybridized carbons (Fsp3) is 0.133. The fourth-order valence-electron chi connectivity index (χ4n) is 2.23. The third kappa shape index (κ3) is 2.80. The Balaban J connectivity index is 1.87.